The van der Waals surface area contributed by atoms with Gasteiger partial charge in [-0.1, -0.05) is 0 Å². The Labute approximate surface area is 67.8 Å². The molecule has 0 spiro atoms. The number of benzene rings is 1. The summed E-state index contributed by atoms with van der Waals surface area (Å²) in [6, 6.07) is 3.47. The van der Waals surface area contributed by atoms with E-state index < -0.39 is 11.1 Å². The van der Waals surface area contributed by atoms with Crippen molar-refractivity contribution in [2.45, 2.75) is 0 Å². The topological polar surface area (TPSA) is 43.1 Å². The van der Waals surface area contributed by atoms with Gasteiger partial charge in [0.25, 0.3) is 5.24 Å². The SMILES string of the molecule is Nc1ccc(F)cc1C(=O)Cl. The van der Waals surface area contributed by atoms with Crippen molar-refractivity contribution >= 4 is 22.5 Å². The number of carbonyl (C=O) groups is 1. The van der Waals surface area contributed by atoms with Crippen molar-refractivity contribution < 1.29 is 9.18 Å². The molecule has 1 rings (SSSR count). The summed E-state index contributed by atoms with van der Waals surface area (Å²) in [5.41, 5.74) is 5.51. The number of anilines is 1. The largest absolute Gasteiger partial charge is 0.398 e. The predicted molar refractivity (Wildman–Crippen MR) is 41.0 cm³/mol. The molecule has 0 saturated heterocycles. The van der Waals surface area contributed by atoms with Gasteiger partial charge in [0, 0.05) is 5.69 Å². The summed E-state index contributed by atoms with van der Waals surface area (Å²) in [6.45, 7) is 0. The lowest BCUT2D eigenvalue weighted by atomic mass is 10.2. The Morgan fingerprint density at radius 1 is 1.55 bits per heavy atom. The molecule has 11 heavy (non-hydrogen) atoms. The van der Waals surface area contributed by atoms with Crippen LogP contribution in [0, 0.1) is 5.82 Å². The van der Waals surface area contributed by atoms with Crippen molar-refractivity contribution in [1.29, 1.82) is 0 Å². The Bertz CT molecular complexity index is 300. The molecular formula is C7H5ClFNO. The normalized spacial score (nSPS) is 9.64. The summed E-state index contributed by atoms with van der Waals surface area (Å²) < 4.78 is 12.4. The smallest absolute Gasteiger partial charge is 0.254 e. The molecule has 0 saturated carbocycles. The highest BCUT2D eigenvalue weighted by atomic mass is 35.5. The number of carbonyl (C=O) groups excluding carboxylic acids is 1. The van der Waals surface area contributed by atoms with E-state index in [1.165, 1.54) is 12.1 Å². The number of hydrogen-bond acceptors (Lipinski definition) is 2. The molecule has 0 aliphatic rings. The minimum atomic E-state index is -0.748. The van der Waals surface area contributed by atoms with Crippen LogP contribution in [0.2, 0.25) is 0 Å². The summed E-state index contributed by atoms with van der Waals surface area (Å²) in [6.07, 6.45) is 0. The van der Waals surface area contributed by atoms with Crippen LogP contribution in [0.5, 0.6) is 0 Å². The van der Waals surface area contributed by atoms with Crippen LogP contribution in [0.15, 0.2) is 18.2 Å². The second kappa shape index (κ2) is 2.88. The first kappa shape index (κ1) is 8.01. The first-order valence-corrected chi connectivity index (χ1v) is 3.24. The molecule has 0 unspecified atom stereocenters. The van der Waals surface area contributed by atoms with Gasteiger partial charge in [0.1, 0.15) is 5.82 Å². The van der Waals surface area contributed by atoms with Crippen LogP contribution in [0.3, 0.4) is 0 Å². The van der Waals surface area contributed by atoms with Crippen LogP contribution in [0.25, 0.3) is 0 Å². The van der Waals surface area contributed by atoms with E-state index in [0.717, 1.165) is 6.07 Å². The maximum Gasteiger partial charge on any atom is 0.254 e. The van der Waals surface area contributed by atoms with E-state index in [1.54, 1.807) is 0 Å². The minimum absolute atomic E-state index is 0.00617. The molecule has 2 N–H and O–H groups in total. The zero-order valence-corrected chi connectivity index (χ0v) is 6.23. The Morgan fingerprint density at radius 2 is 2.18 bits per heavy atom. The summed E-state index contributed by atoms with van der Waals surface area (Å²) in [5, 5.41) is -0.748. The second-order valence-corrected chi connectivity index (χ2v) is 2.35. The zero-order chi connectivity index (χ0) is 8.43. The molecule has 0 aliphatic carbocycles. The van der Waals surface area contributed by atoms with Gasteiger partial charge in [-0.25, -0.2) is 4.39 Å². The Balaban J connectivity index is 3.23. The molecule has 0 aliphatic heterocycles. The van der Waals surface area contributed by atoms with Crippen molar-refractivity contribution in [3.8, 4) is 0 Å². The van der Waals surface area contributed by atoms with Crippen LogP contribution in [0.4, 0.5) is 10.1 Å². The first-order chi connectivity index (χ1) is 5.11. The van der Waals surface area contributed by atoms with E-state index >= 15 is 0 Å². The number of nitrogens with two attached hydrogens (primary N) is 1. The van der Waals surface area contributed by atoms with Gasteiger partial charge < -0.3 is 5.73 Å². The fourth-order valence-electron chi connectivity index (χ4n) is 0.699. The van der Waals surface area contributed by atoms with Crippen LogP contribution < -0.4 is 5.73 Å². The Hall–Kier alpha value is -1.09. The first-order valence-electron chi connectivity index (χ1n) is 2.86. The lowest BCUT2D eigenvalue weighted by Gasteiger charge is -1.98. The molecule has 2 nitrogen and oxygen atoms in total. The van der Waals surface area contributed by atoms with Crippen molar-refractivity contribution in [3.63, 3.8) is 0 Å². The molecule has 0 fully saturated rings. The molecule has 0 amide bonds. The maximum atomic E-state index is 12.4. The monoisotopic (exact) mass is 173 g/mol. The Morgan fingerprint density at radius 3 is 2.64 bits per heavy atom. The van der Waals surface area contributed by atoms with Crippen molar-refractivity contribution in [3.05, 3.63) is 29.6 Å². The van der Waals surface area contributed by atoms with E-state index in [9.17, 15) is 9.18 Å². The summed E-state index contributed by atoms with van der Waals surface area (Å²) >= 11 is 5.09. The fourth-order valence-corrected chi connectivity index (χ4v) is 0.862. The maximum absolute atomic E-state index is 12.4. The van der Waals surface area contributed by atoms with Gasteiger partial charge in [-0.05, 0) is 29.8 Å². The number of nitrogen functional groups attached to an aromatic ring is 1. The van der Waals surface area contributed by atoms with E-state index in [2.05, 4.69) is 0 Å². The molecule has 0 atom stereocenters. The van der Waals surface area contributed by atoms with Gasteiger partial charge in [0.05, 0.1) is 5.56 Å². The van der Waals surface area contributed by atoms with Crippen LogP contribution in [0.1, 0.15) is 10.4 Å². The second-order valence-electron chi connectivity index (χ2n) is 2.01. The molecule has 58 valence electrons. The molecular weight excluding hydrogens is 169 g/mol. The fraction of sp³-hybridized carbons (Fsp3) is 0. The third kappa shape index (κ3) is 1.68. The summed E-state index contributed by atoms with van der Waals surface area (Å²) in [7, 11) is 0. The lowest BCUT2D eigenvalue weighted by molar-refractivity contribution is 0.108. The highest BCUT2D eigenvalue weighted by Crippen LogP contribution is 2.14. The van der Waals surface area contributed by atoms with Crippen LogP contribution in [-0.2, 0) is 0 Å². The van der Waals surface area contributed by atoms with E-state index in [-0.39, 0.29) is 11.3 Å². The van der Waals surface area contributed by atoms with Crippen molar-refractivity contribution in [1.82, 2.24) is 0 Å². The van der Waals surface area contributed by atoms with Crippen LogP contribution >= 0.6 is 11.6 Å². The quantitative estimate of drug-likeness (QED) is 0.520. The molecule has 1 aromatic rings. The molecule has 1 aromatic carbocycles. The van der Waals surface area contributed by atoms with Gasteiger partial charge in [-0.15, -0.1) is 0 Å². The average Bonchev–Trinajstić information content (AvgIpc) is 1.94. The van der Waals surface area contributed by atoms with Gasteiger partial charge in [-0.3, -0.25) is 4.79 Å². The standard InChI is InChI=1S/C7H5ClFNO/c8-7(11)5-3-4(9)1-2-6(5)10/h1-3H,10H2. The van der Waals surface area contributed by atoms with Gasteiger partial charge in [0.15, 0.2) is 0 Å². The van der Waals surface area contributed by atoms with Crippen LogP contribution in [-0.4, -0.2) is 5.24 Å². The molecule has 0 bridgehead atoms. The van der Waals surface area contributed by atoms with Gasteiger partial charge in [0.2, 0.25) is 0 Å². The zero-order valence-electron chi connectivity index (χ0n) is 5.47. The third-order valence-electron chi connectivity index (χ3n) is 1.23. The molecule has 4 heteroatoms. The number of hydrogen-bond donors (Lipinski definition) is 1. The highest BCUT2D eigenvalue weighted by molar-refractivity contribution is 6.68. The molecule has 0 radical (unpaired) electrons. The van der Waals surface area contributed by atoms with Gasteiger partial charge >= 0.3 is 0 Å². The average molecular weight is 174 g/mol. The summed E-state index contributed by atoms with van der Waals surface area (Å²) in [5.74, 6) is -0.525. The Kier molecular flexibility index (Phi) is 2.10. The number of halogens is 2. The lowest BCUT2D eigenvalue weighted by Crippen LogP contribution is -1.97. The minimum Gasteiger partial charge on any atom is -0.398 e. The van der Waals surface area contributed by atoms with Crippen molar-refractivity contribution in [2.24, 2.45) is 0 Å². The van der Waals surface area contributed by atoms with E-state index in [0.29, 0.717) is 0 Å². The van der Waals surface area contributed by atoms with E-state index in [1.807, 2.05) is 0 Å². The predicted octanol–water partition coefficient (Wildman–Crippen LogP) is 1.79. The van der Waals surface area contributed by atoms with E-state index in [4.69, 9.17) is 17.3 Å². The van der Waals surface area contributed by atoms with Crippen molar-refractivity contribution in [2.75, 3.05) is 5.73 Å². The highest BCUT2D eigenvalue weighted by Gasteiger charge is 2.06. The van der Waals surface area contributed by atoms with Gasteiger partial charge in [-0.2, -0.15) is 0 Å². The third-order valence-corrected chi connectivity index (χ3v) is 1.43. The molecule has 0 heterocycles. The number of rotatable bonds is 1. The summed E-state index contributed by atoms with van der Waals surface area (Å²) in [4.78, 5) is 10.5. The molecule has 0 aromatic heterocycles.